The van der Waals surface area contributed by atoms with Crippen molar-refractivity contribution in [3.8, 4) is 0 Å². The summed E-state index contributed by atoms with van der Waals surface area (Å²) in [7, 11) is 0. The van der Waals surface area contributed by atoms with Crippen LogP contribution in [0.25, 0.3) is 0 Å². The highest BCUT2D eigenvalue weighted by Crippen LogP contribution is 2.17. The molecule has 0 radical (unpaired) electrons. The highest BCUT2D eigenvalue weighted by molar-refractivity contribution is 5.71. The lowest BCUT2D eigenvalue weighted by Crippen LogP contribution is -2.30. The quantitative estimate of drug-likeness (QED) is 0.0261. The summed E-state index contributed by atoms with van der Waals surface area (Å²) in [6.45, 7) is 6.52. The first-order valence-corrected chi connectivity index (χ1v) is 32.8. The molecule has 0 fully saturated rings. The Morgan fingerprint density at radius 1 is 0.280 bits per heavy atom. The largest absolute Gasteiger partial charge is 0.462 e. The van der Waals surface area contributed by atoms with Crippen LogP contribution in [-0.4, -0.2) is 37.2 Å². The van der Waals surface area contributed by atoms with Crippen LogP contribution in [0.4, 0.5) is 0 Å². The van der Waals surface area contributed by atoms with Crippen molar-refractivity contribution in [2.45, 2.75) is 348 Å². The third-order valence-corrected chi connectivity index (χ3v) is 14.5. The van der Waals surface area contributed by atoms with E-state index in [1.54, 1.807) is 0 Å². The molecule has 0 saturated carbocycles. The van der Waals surface area contributed by atoms with Crippen LogP contribution in [0.3, 0.4) is 0 Å². The maximum atomic E-state index is 12.9. The molecular weight excluding hydrogens is 925 g/mol. The molecule has 0 N–H and O–H groups in total. The fraction of sp³-hybridized carbons (Fsp3) is 0.812. The smallest absolute Gasteiger partial charge is 0.306 e. The molecule has 0 aliphatic rings. The molecule has 0 spiro atoms. The predicted octanol–water partition coefficient (Wildman–Crippen LogP) is 22.3. The van der Waals surface area contributed by atoms with Crippen molar-refractivity contribution in [3.63, 3.8) is 0 Å². The molecular formula is C69H124O6. The second-order valence-electron chi connectivity index (χ2n) is 22.0. The van der Waals surface area contributed by atoms with E-state index < -0.39 is 6.10 Å². The minimum Gasteiger partial charge on any atom is -0.462 e. The van der Waals surface area contributed by atoms with E-state index in [9.17, 15) is 14.4 Å². The number of hydrogen-bond donors (Lipinski definition) is 0. The van der Waals surface area contributed by atoms with Gasteiger partial charge in [0.15, 0.2) is 6.10 Å². The van der Waals surface area contributed by atoms with Crippen molar-refractivity contribution < 1.29 is 28.6 Å². The first kappa shape index (κ1) is 72.1. The maximum absolute atomic E-state index is 12.9. The molecule has 0 rings (SSSR count). The van der Waals surface area contributed by atoms with Crippen LogP contribution in [0, 0.1) is 0 Å². The average Bonchev–Trinajstić information content (AvgIpc) is 3.41. The van der Waals surface area contributed by atoms with Crippen molar-refractivity contribution >= 4 is 17.9 Å². The lowest BCUT2D eigenvalue weighted by atomic mass is 10.0. The van der Waals surface area contributed by atoms with Crippen LogP contribution < -0.4 is 0 Å². The normalized spacial score (nSPS) is 12.4. The van der Waals surface area contributed by atoms with Gasteiger partial charge in [-0.1, -0.05) is 287 Å². The Morgan fingerprint density at radius 2 is 0.533 bits per heavy atom. The number of carbonyl (C=O) groups excluding carboxylic acids is 3. The van der Waals surface area contributed by atoms with Crippen LogP contribution in [0.1, 0.15) is 342 Å². The van der Waals surface area contributed by atoms with E-state index in [-0.39, 0.29) is 31.1 Å². The Morgan fingerprint density at radius 3 is 0.867 bits per heavy atom. The summed E-state index contributed by atoms with van der Waals surface area (Å²) in [6, 6.07) is 0. The molecule has 6 heteroatoms. The summed E-state index contributed by atoms with van der Waals surface area (Å²) in [5.41, 5.74) is 0. The van der Waals surface area contributed by atoms with E-state index in [1.807, 2.05) is 0 Å². The Hall–Kier alpha value is -2.89. The highest BCUT2D eigenvalue weighted by Gasteiger charge is 2.19. The van der Waals surface area contributed by atoms with Gasteiger partial charge in [0.25, 0.3) is 0 Å². The summed E-state index contributed by atoms with van der Waals surface area (Å²) in [6.07, 6.45) is 81.1. The second-order valence-corrected chi connectivity index (χ2v) is 22.0. The zero-order valence-corrected chi connectivity index (χ0v) is 50.1. The van der Waals surface area contributed by atoms with Crippen molar-refractivity contribution in [2.24, 2.45) is 0 Å². The van der Waals surface area contributed by atoms with Gasteiger partial charge >= 0.3 is 17.9 Å². The summed E-state index contributed by atoms with van der Waals surface area (Å²) in [4.78, 5) is 38.2. The fourth-order valence-electron chi connectivity index (χ4n) is 9.55. The number of carbonyl (C=O) groups is 3. The number of esters is 3. The van der Waals surface area contributed by atoms with E-state index in [0.29, 0.717) is 19.3 Å². The minimum absolute atomic E-state index is 0.0784. The Labute approximate surface area is 466 Å². The molecule has 0 heterocycles. The molecule has 0 bridgehead atoms. The number of hydrogen-bond acceptors (Lipinski definition) is 6. The molecule has 0 aliphatic heterocycles. The molecule has 0 aromatic heterocycles. The predicted molar refractivity (Wildman–Crippen MR) is 325 cm³/mol. The first-order chi connectivity index (χ1) is 37.0. The molecule has 436 valence electrons. The number of ether oxygens (including phenoxy) is 3. The monoisotopic (exact) mass is 1050 g/mol. The van der Waals surface area contributed by atoms with E-state index in [2.05, 4.69) is 81.5 Å². The van der Waals surface area contributed by atoms with Gasteiger partial charge in [-0.2, -0.15) is 0 Å². The molecule has 1 unspecified atom stereocenters. The van der Waals surface area contributed by atoms with Crippen molar-refractivity contribution in [1.82, 2.24) is 0 Å². The third kappa shape index (κ3) is 61.8. The maximum Gasteiger partial charge on any atom is 0.306 e. The van der Waals surface area contributed by atoms with Crippen molar-refractivity contribution in [2.75, 3.05) is 13.2 Å². The molecule has 6 nitrogen and oxygen atoms in total. The Bertz CT molecular complexity index is 1340. The van der Waals surface area contributed by atoms with Crippen molar-refractivity contribution in [1.29, 1.82) is 0 Å². The SMILES string of the molecule is CC/C=C\C/C=C\C/C=C\CCCCCCCCCC(=O)OC(COC(=O)CCCCCCC/C=C\CCCC)COC(=O)CCCCCCCCCCCCCCCCCCC/C=C\CCCCCCCCCC. The van der Waals surface area contributed by atoms with Gasteiger partial charge in [0.1, 0.15) is 13.2 Å². The molecule has 1 atom stereocenters. The van der Waals surface area contributed by atoms with E-state index in [1.165, 1.54) is 212 Å². The summed E-state index contributed by atoms with van der Waals surface area (Å²) >= 11 is 0. The first-order valence-electron chi connectivity index (χ1n) is 32.8. The topological polar surface area (TPSA) is 78.9 Å². The van der Waals surface area contributed by atoms with Crippen LogP contribution in [0.5, 0.6) is 0 Å². The zero-order chi connectivity index (χ0) is 54.3. The minimum atomic E-state index is -0.782. The van der Waals surface area contributed by atoms with Gasteiger partial charge in [-0.15, -0.1) is 0 Å². The molecule has 0 amide bonds. The fourth-order valence-corrected chi connectivity index (χ4v) is 9.55. The standard InChI is InChI=1S/C69H124O6/c1-4-7-10-13-16-19-22-24-26-28-29-30-31-32-33-34-35-36-37-38-39-41-42-44-47-50-53-56-59-62-68(71)74-65-66(64-73-67(70)61-58-55-52-49-46-21-18-15-12-9-6-3)75-69(72)63-60-57-54-51-48-45-43-40-27-25-23-20-17-14-11-8-5-2/h8,11,15,17-18,20,25,27-29,66H,4-7,9-10,12-14,16,19,21-24,26,30-65H2,1-3H3/b11-8-,18-15-,20-17-,27-25-,29-28-. The zero-order valence-electron chi connectivity index (χ0n) is 50.1. The Balaban J connectivity index is 4.16. The van der Waals surface area contributed by atoms with Crippen molar-refractivity contribution in [3.05, 3.63) is 60.8 Å². The lowest BCUT2D eigenvalue weighted by Gasteiger charge is -2.18. The highest BCUT2D eigenvalue weighted by atomic mass is 16.6. The van der Waals surface area contributed by atoms with E-state index >= 15 is 0 Å². The van der Waals surface area contributed by atoms with Gasteiger partial charge in [-0.3, -0.25) is 14.4 Å². The van der Waals surface area contributed by atoms with Gasteiger partial charge in [0.05, 0.1) is 0 Å². The molecule has 0 aromatic carbocycles. The summed E-state index contributed by atoms with van der Waals surface area (Å²) in [5, 5.41) is 0. The van der Waals surface area contributed by atoms with Crippen LogP contribution >= 0.6 is 0 Å². The average molecular weight is 1050 g/mol. The van der Waals surface area contributed by atoms with Gasteiger partial charge in [-0.05, 0) is 96.3 Å². The number of rotatable bonds is 60. The molecule has 0 aromatic rings. The van der Waals surface area contributed by atoms with Crippen LogP contribution in [-0.2, 0) is 28.6 Å². The van der Waals surface area contributed by atoms with Gasteiger partial charge in [-0.25, -0.2) is 0 Å². The summed E-state index contributed by atoms with van der Waals surface area (Å²) in [5.74, 6) is -0.883. The van der Waals surface area contributed by atoms with Crippen LogP contribution in [0.2, 0.25) is 0 Å². The number of unbranched alkanes of at least 4 members (excludes halogenated alkanes) is 39. The molecule has 0 aliphatic carbocycles. The molecule has 75 heavy (non-hydrogen) atoms. The van der Waals surface area contributed by atoms with E-state index in [0.717, 1.165) is 89.9 Å². The Kier molecular flexibility index (Phi) is 61.2. The van der Waals surface area contributed by atoms with Gasteiger partial charge in [0, 0.05) is 19.3 Å². The van der Waals surface area contributed by atoms with Crippen LogP contribution in [0.15, 0.2) is 60.8 Å². The lowest BCUT2D eigenvalue weighted by molar-refractivity contribution is -0.167. The molecule has 0 saturated heterocycles. The van der Waals surface area contributed by atoms with Gasteiger partial charge < -0.3 is 14.2 Å². The summed E-state index contributed by atoms with van der Waals surface area (Å²) < 4.78 is 16.9. The third-order valence-electron chi connectivity index (χ3n) is 14.5. The van der Waals surface area contributed by atoms with E-state index in [4.69, 9.17) is 14.2 Å². The van der Waals surface area contributed by atoms with Gasteiger partial charge in [0.2, 0.25) is 0 Å². The second kappa shape index (κ2) is 63.6. The number of allylic oxidation sites excluding steroid dienone is 10.